The minimum Gasteiger partial charge on any atom is -0.349 e. The lowest BCUT2D eigenvalue weighted by Gasteiger charge is -2.05. The highest BCUT2D eigenvalue weighted by molar-refractivity contribution is 9.10. The fourth-order valence-corrected chi connectivity index (χ4v) is 2.93. The monoisotopic (exact) mass is 247 g/mol. The number of allylic oxidation sites excluding steroid dienone is 4. The van der Waals surface area contributed by atoms with Gasteiger partial charge in [0.15, 0.2) is 0 Å². The van der Waals surface area contributed by atoms with E-state index < -0.39 is 0 Å². The SMILES string of the molecule is Cn1cc(Br)c2c1=CC1=CC=CCC=21. The van der Waals surface area contributed by atoms with Gasteiger partial charge in [-0.15, -0.1) is 0 Å². The molecular formula is C12H10BrN. The van der Waals surface area contributed by atoms with Crippen LogP contribution in [0.1, 0.15) is 6.42 Å². The van der Waals surface area contributed by atoms with Crippen LogP contribution in [0.2, 0.25) is 0 Å². The molecule has 0 spiro atoms. The average molecular weight is 248 g/mol. The number of rotatable bonds is 0. The summed E-state index contributed by atoms with van der Waals surface area (Å²) in [6.07, 6.45) is 12.0. The topological polar surface area (TPSA) is 4.93 Å². The van der Waals surface area contributed by atoms with Crippen LogP contribution < -0.4 is 10.6 Å². The van der Waals surface area contributed by atoms with Crippen molar-refractivity contribution in [3.05, 3.63) is 45.0 Å². The molecule has 3 rings (SSSR count). The molecule has 0 bridgehead atoms. The van der Waals surface area contributed by atoms with E-state index in [0.717, 1.165) is 6.42 Å². The van der Waals surface area contributed by atoms with E-state index in [1.807, 2.05) is 0 Å². The highest BCUT2D eigenvalue weighted by atomic mass is 79.9. The molecule has 0 fully saturated rings. The number of fused-ring (bicyclic) bond motifs is 2. The molecular weight excluding hydrogens is 238 g/mol. The van der Waals surface area contributed by atoms with Gasteiger partial charge in [-0.3, -0.25) is 0 Å². The Morgan fingerprint density at radius 2 is 2.29 bits per heavy atom. The van der Waals surface area contributed by atoms with Crippen molar-refractivity contribution in [2.45, 2.75) is 6.42 Å². The maximum absolute atomic E-state index is 3.62. The van der Waals surface area contributed by atoms with Crippen LogP contribution in [0.4, 0.5) is 0 Å². The fraction of sp³-hybridized carbons (Fsp3) is 0.167. The van der Waals surface area contributed by atoms with E-state index in [-0.39, 0.29) is 0 Å². The van der Waals surface area contributed by atoms with Crippen molar-refractivity contribution >= 4 is 27.6 Å². The third kappa shape index (κ3) is 0.947. The summed E-state index contributed by atoms with van der Waals surface area (Å²) >= 11 is 3.62. The zero-order chi connectivity index (χ0) is 9.71. The molecule has 0 saturated heterocycles. The van der Waals surface area contributed by atoms with Crippen LogP contribution in [-0.2, 0) is 7.05 Å². The van der Waals surface area contributed by atoms with Crippen LogP contribution in [0.3, 0.4) is 0 Å². The molecule has 0 N–H and O–H groups in total. The largest absolute Gasteiger partial charge is 0.349 e. The van der Waals surface area contributed by atoms with Crippen LogP contribution in [0.25, 0.3) is 11.6 Å². The highest BCUT2D eigenvalue weighted by Crippen LogP contribution is 2.24. The van der Waals surface area contributed by atoms with Gasteiger partial charge in [0.05, 0.1) is 0 Å². The maximum atomic E-state index is 3.62. The van der Waals surface area contributed by atoms with Crippen LogP contribution in [0.5, 0.6) is 0 Å². The molecule has 0 atom stereocenters. The fourth-order valence-electron chi connectivity index (χ4n) is 2.18. The number of aromatic nitrogens is 1. The number of aryl methyl sites for hydroxylation is 1. The minimum atomic E-state index is 1.05. The van der Waals surface area contributed by atoms with Crippen molar-refractivity contribution in [2.75, 3.05) is 0 Å². The van der Waals surface area contributed by atoms with E-state index >= 15 is 0 Å². The van der Waals surface area contributed by atoms with Gasteiger partial charge in [0.1, 0.15) is 0 Å². The third-order valence-corrected chi connectivity index (χ3v) is 3.46. The molecule has 0 aliphatic heterocycles. The van der Waals surface area contributed by atoms with Crippen molar-refractivity contribution in [3.63, 3.8) is 0 Å². The zero-order valence-electron chi connectivity index (χ0n) is 7.92. The van der Waals surface area contributed by atoms with Crippen molar-refractivity contribution in [1.82, 2.24) is 4.57 Å². The van der Waals surface area contributed by atoms with Crippen LogP contribution in [0.15, 0.2) is 34.5 Å². The van der Waals surface area contributed by atoms with E-state index in [1.165, 1.54) is 26.2 Å². The maximum Gasteiger partial charge on any atom is 0.0498 e. The second-order valence-corrected chi connectivity index (χ2v) is 4.58. The summed E-state index contributed by atoms with van der Waals surface area (Å²) in [5.74, 6) is 0. The first-order valence-electron chi connectivity index (χ1n) is 4.70. The second kappa shape index (κ2) is 2.74. The Hall–Kier alpha value is -1.02. The molecule has 2 aliphatic carbocycles. The third-order valence-electron chi connectivity index (χ3n) is 2.86. The molecule has 70 valence electrons. The zero-order valence-corrected chi connectivity index (χ0v) is 9.51. The van der Waals surface area contributed by atoms with Crippen LogP contribution in [0, 0.1) is 0 Å². The first-order chi connectivity index (χ1) is 6.77. The Balaban J connectivity index is 2.49. The summed E-state index contributed by atoms with van der Waals surface area (Å²) in [6.45, 7) is 0. The van der Waals surface area contributed by atoms with Gasteiger partial charge in [-0.2, -0.15) is 0 Å². The molecule has 1 aromatic rings. The minimum absolute atomic E-state index is 1.05. The van der Waals surface area contributed by atoms with Gasteiger partial charge in [-0.1, -0.05) is 18.2 Å². The molecule has 1 aromatic heterocycles. The molecule has 2 heteroatoms. The molecule has 14 heavy (non-hydrogen) atoms. The molecule has 0 radical (unpaired) electrons. The summed E-state index contributed by atoms with van der Waals surface area (Å²) in [5.41, 5.74) is 2.82. The highest BCUT2D eigenvalue weighted by Gasteiger charge is 2.15. The molecule has 0 saturated carbocycles. The van der Waals surface area contributed by atoms with Crippen LogP contribution in [-0.4, -0.2) is 4.57 Å². The van der Waals surface area contributed by atoms with E-state index in [1.54, 1.807) is 0 Å². The Morgan fingerprint density at radius 3 is 3.14 bits per heavy atom. The van der Waals surface area contributed by atoms with Gasteiger partial charge in [-0.05, 0) is 39.6 Å². The normalized spacial score (nSPS) is 17.6. The summed E-state index contributed by atoms with van der Waals surface area (Å²) in [6, 6.07) is 0. The van der Waals surface area contributed by atoms with Crippen molar-refractivity contribution in [3.8, 4) is 0 Å². The summed E-state index contributed by atoms with van der Waals surface area (Å²) in [4.78, 5) is 0. The van der Waals surface area contributed by atoms with E-state index in [4.69, 9.17) is 0 Å². The number of hydrogen-bond acceptors (Lipinski definition) is 0. The lowest BCUT2D eigenvalue weighted by molar-refractivity contribution is 0.889. The molecule has 1 nitrogen and oxygen atoms in total. The van der Waals surface area contributed by atoms with Gasteiger partial charge in [-0.25, -0.2) is 0 Å². The Bertz CT molecular complexity index is 585. The Labute approximate surface area is 90.9 Å². The average Bonchev–Trinajstić information content (AvgIpc) is 2.66. The predicted octanol–water partition coefficient (Wildman–Crippen LogP) is 1.62. The molecule has 0 unspecified atom stereocenters. The van der Waals surface area contributed by atoms with Gasteiger partial charge in [0.2, 0.25) is 0 Å². The second-order valence-electron chi connectivity index (χ2n) is 3.73. The first-order valence-corrected chi connectivity index (χ1v) is 5.49. The summed E-state index contributed by atoms with van der Waals surface area (Å²) < 4.78 is 3.38. The molecule has 0 amide bonds. The number of hydrogen-bond donors (Lipinski definition) is 0. The Morgan fingerprint density at radius 1 is 1.43 bits per heavy atom. The van der Waals surface area contributed by atoms with E-state index in [9.17, 15) is 0 Å². The van der Waals surface area contributed by atoms with Gasteiger partial charge < -0.3 is 4.57 Å². The summed E-state index contributed by atoms with van der Waals surface area (Å²) in [7, 11) is 2.09. The quantitative estimate of drug-likeness (QED) is 0.657. The van der Waals surface area contributed by atoms with Gasteiger partial charge in [0.25, 0.3) is 0 Å². The van der Waals surface area contributed by atoms with Gasteiger partial charge >= 0.3 is 0 Å². The van der Waals surface area contributed by atoms with Crippen molar-refractivity contribution in [1.29, 1.82) is 0 Å². The standard InChI is InChI=1S/C12H10BrN/c1-14-7-10(13)12-9-5-3-2-4-8(9)6-11(12)14/h2-4,6-7H,5H2,1H3. The Kier molecular flexibility index (Phi) is 1.62. The lowest BCUT2D eigenvalue weighted by Crippen LogP contribution is -2.25. The predicted molar refractivity (Wildman–Crippen MR) is 62.1 cm³/mol. The summed E-state index contributed by atoms with van der Waals surface area (Å²) in [5, 5.41) is 2.70. The number of halogens is 1. The van der Waals surface area contributed by atoms with Crippen LogP contribution >= 0.6 is 15.9 Å². The molecule has 0 aromatic carbocycles. The molecule has 1 heterocycles. The van der Waals surface area contributed by atoms with E-state index in [0.29, 0.717) is 0 Å². The lowest BCUT2D eigenvalue weighted by atomic mass is 10.0. The van der Waals surface area contributed by atoms with Crippen molar-refractivity contribution < 1.29 is 0 Å². The number of nitrogens with zero attached hydrogens (tertiary/aromatic N) is 1. The van der Waals surface area contributed by atoms with Gasteiger partial charge in [0, 0.05) is 28.3 Å². The molecule has 2 aliphatic rings. The van der Waals surface area contributed by atoms with E-state index in [2.05, 4.69) is 58.0 Å². The smallest absolute Gasteiger partial charge is 0.0498 e. The van der Waals surface area contributed by atoms with Crippen molar-refractivity contribution in [2.24, 2.45) is 7.05 Å². The first kappa shape index (κ1) is 8.30.